The van der Waals surface area contributed by atoms with Gasteiger partial charge in [0.1, 0.15) is 12.4 Å². The molecular weight excluding hydrogens is 461 g/mol. The lowest BCUT2D eigenvalue weighted by molar-refractivity contribution is 0.309. The van der Waals surface area contributed by atoms with Crippen LogP contribution in [-0.2, 0) is 13.1 Å². The minimum absolute atomic E-state index is 0. The minimum Gasteiger partial charge on any atom is -0.357 e. The third-order valence-electron chi connectivity index (χ3n) is 6.10. The van der Waals surface area contributed by atoms with Gasteiger partial charge in [0, 0.05) is 38.6 Å². The Morgan fingerprint density at radius 2 is 1.96 bits per heavy atom. The number of nitrogens with zero attached hydrogens (tertiary/aromatic N) is 4. The number of aliphatic imine (C=N–C) groups is 1. The molecule has 1 N–H and O–H groups in total. The SMILES string of the molecule is CCNC(=NCc1nccn1Cc1ccccc1)N1CCC2(CCCC2)C1.I. The van der Waals surface area contributed by atoms with Crippen LogP contribution in [0.1, 0.15) is 50.4 Å². The second-order valence-corrected chi connectivity index (χ2v) is 8.01. The smallest absolute Gasteiger partial charge is 0.194 e. The van der Waals surface area contributed by atoms with Crippen molar-refractivity contribution < 1.29 is 0 Å². The fourth-order valence-electron chi connectivity index (χ4n) is 4.64. The maximum Gasteiger partial charge on any atom is 0.194 e. The molecule has 2 heterocycles. The van der Waals surface area contributed by atoms with Crippen LogP contribution in [0.2, 0.25) is 0 Å². The van der Waals surface area contributed by atoms with E-state index in [0.717, 1.165) is 38.0 Å². The van der Waals surface area contributed by atoms with Gasteiger partial charge in [-0.15, -0.1) is 24.0 Å². The van der Waals surface area contributed by atoms with E-state index in [9.17, 15) is 0 Å². The second-order valence-electron chi connectivity index (χ2n) is 8.01. The van der Waals surface area contributed by atoms with Crippen LogP contribution in [0.25, 0.3) is 0 Å². The first-order chi connectivity index (χ1) is 13.3. The summed E-state index contributed by atoms with van der Waals surface area (Å²) in [6.07, 6.45) is 10.8. The standard InChI is InChI=1S/C22H31N5.HI/c1-2-23-21(27-14-12-22(18-27)10-6-7-11-22)25-16-20-24-13-15-26(20)17-19-8-4-3-5-9-19;/h3-5,8-9,13,15H,2,6-7,10-12,14,16-18H2,1H3,(H,23,25);1H. The van der Waals surface area contributed by atoms with Crippen molar-refractivity contribution in [2.45, 2.75) is 52.1 Å². The second kappa shape index (κ2) is 9.76. The van der Waals surface area contributed by atoms with Crippen molar-refractivity contribution in [2.24, 2.45) is 10.4 Å². The fraction of sp³-hybridized carbons (Fsp3) is 0.545. The Bertz CT molecular complexity index is 764. The van der Waals surface area contributed by atoms with E-state index in [1.54, 1.807) is 0 Å². The van der Waals surface area contributed by atoms with Crippen molar-refractivity contribution in [3.63, 3.8) is 0 Å². The predicted molar refractivity (Wildman–Crippen MR) is 125 cm³/mol. The van der Waals surface area contributed by atoms with Crippen LogP contribution in [-0.4, -0.2) is 40.0 Å². The van der Waals surface area contributed by atoms with Crippen LogP contribution < -0.4 is 5.32 Å². The molecule has 2 aliphatic rings. The molecule has 1 spiro atoms. The summed E-state index contributed by atoms with van der Waals surface area (Å²) in [7, 11) is 0. The molecule has 4 rings (SSSR count). The molecule has 0 amide bonds. The van der Waals surface area contributed by atoms with Crippen LogP contribution in [0.5, 0.6) is 0 Å². The lowest BCUT2D eigenvalue weighted by Gasteiger charge is -2.26. The highest BCUT2D eigenvalue weighted by molar-refractivity contribution is 14.0. The van der Waals surface area contributed by atoms with E-state index in [1.807, 2.05) is 12.4 Å². The monoisotopic (exact) mass is 493 g/mol. The van der Waals surface area contributed by atoms with Crippen molar-refractivity contribution in [1.29, 1.82) is 0 Å². The summed E-state index contributed by atoms with van der Waals surface area (Å²) in [4.78, 5) is 12.0. The first-order valence-corrected chi connectivity index (χ1v) is 10.4. The summed E-state index contributed by atoms with van der Waals surface area (Å²) in [5.74, 6) is 2.07. The average Bonchev–Trinajstić information content (AvgIpc) is 3.43. The first kappa shape index (κ1) is 21.1. The van der Waals surface area contributed by atoms with E-state index in [-0.39, 0.29) is 24.0 Å². The zero-order chi connectivity index (χ0) is 18.5. The van der Waals surface area contributed by atoms with Crippen molar-refractivity contribution >= 4 is 29.9 Å². The number of hydrogen-bond acceptors (Lipinski definition) is 2. The Labute approximate surface area is 185 Å². The van der Waals surface area contributed by atoms with Crippen LogP contribution in [0.4, 0.5) is 0 Å². The molecule has 1 aliphatic heterocycles. The Hall–Kier alpha value is -1.57. The molecule has 5 nitrogen and oxygen atoms in total. The normalized spacial score (nSPS) is 18.5. The van der Waals surface area contributed by atoms with Gasteiger partial charge in [0.2, 0.25) is 0 Å². The third-order valence-corrected chi connectivity index (χ3v) is 6.10. The zero-order valence-electron chi connectivity index (χ0n) is 16.8. The van der Waals surface area contributed by atoms with Gasteiger partial charge in [0.25, 0.3) is 0 Å². The van der Waals surface area contributed by atoms with E-state index in [4.69, 9.17) is 4.99 Å². The van der Waals surface area contributed by atoms with Crippen molar-refractivity contribution in [3.05, 3.63) is 54.1 Å². The molecule has 1 saturated carbocycles. The van der Waals surface area contributed by atoms with Gasteiger partial charge < -0.3 is 14.8 Å². The molecule has 28 heavy (non-hydrogen) atoms. The molecule has 152 valence electrons. The highest BCUT2D eigenvalue weighted by Crippen LogP contribution is 2.45. The van der Waals surface area contributed by atoms with E-state index in [1.165, 1.54) is 37.7 Å². The molecule has 0 unspecified atom stereocenters. The van der Waals surface area contributed by atoms with Gasteiger partial charge in [-0.1, -0.05) is 43.2 Å². The van der Waals surface area contributed by atoms with Crippen LogP contribution in [0.3, 0.4) is 0 Å². The van der Waals surface area contributed by atoms with E-state index in [0.29, 0.717) is 12.0 Å². The maximum absolute atomic E-state index is 4.94. The van der Waals surface area contributed by atoms with Crippen molar-refractivity contribution in [1.82, 2.24) is 19.8 Å². The van der Waals surface area contributed by atoms with Crippen LogP contribution in [0, 0.1) is 5.41 Å². The molecule has 6 heteroatoms. The van der Waals surface area contributed by atoms with Gasteiger partial charge in [0.15, 0.2) is 5.96 Å². The molecule has 2 fully saturated rings. The lowest BCUT2D eigenvalue weighted by atomic mass is 9.86. The molecule has 1 aromatic carbocycles. The highest BCUT2D eigenvalue weighted by Gasteiger charge is 2.41. The van der Waals surface area contributed by atoms with Gasteiger partial charge in [-0.2, -0.15) is 0 Å². The fourth-order valence-corrected chi connectivity index (χ4v) is 4.64. The summed E-state index contributed by atoms with van der Waals surface area (Å²) in [6.45, 7) is 6.80. The van der Waals surface area contributed by atoms with Crippen LogP contribution >= 0.6 is 24.0 Å². The number of nitrogens with one attached hydrogen (secondary N) is 1. The summed E-state index contributed by atoms with van der Waals surface area (Å²) in [5, 5.41) is 3.50. The van der Waals surface area contributed by atoms with Gasteiger partial charge in [-0.05, 0) is 37.2 Å². The topological polar surface area (TPSA) is 45.5 Å². The summed E-state index contributed by atoms with van der Waals surface area (Å²) < 4.78 is 2.20. The molecule has 0 radical (unpaired) electrons. The van der Waals surface area contributed by atoms with Gasteiger partial charge in [-0.3, -0.25) is 0 Å². The molecule has 0 bridgehead atoms. The molecule has 0 atom stereocenters. The summed E-state index contributed by atoms with van der Waals surface area (Å²) in [6, 6.07) is 10.5. The Morgan fingerprint density at radius 3 is 2.71 bits per heavy atom. The van der Waals surface area contributed by atoms with E-state index >= 15 is 0 Å². The molecule has 2 aromatic rings. The highest BCUT2D eigenvalue weighted by atomic mass is 127. The Balaban J connectivity index is 0.00000225. The number of guanidine groups is 1. The van der Waals surface area contributed by atoms with E-state index in [2.05, 4.69) is 57.0 Å². The summed E-state index contributed by atoms with van der Waals surface area (Å²) >= 11 is 0. The number of rotatable bonds is 5. The van der Waals surface area contributed by atoms with Crippen LogP contribution in [0.15, 0.2) is 47.7 Å². The Kier molecular flexibility index (Phi) is 7.37. The lowest BCUT2D eigenvalue weighted by Crippen LogP contribution is -2.41. The van der Waals surface area contributed by atoms with Crippen molar-refractivity contribution in [3.8, 4) is 0 Å². The van der Waals surface area contributed by atoms with E-state index < -0.39 is 0 Å². The number of hydrogen-bond donors (Lipinski definition) is 1. The predicted octanol–water partition coefficient (Wildman–Crippen LogP) is 4.28. The molecule has 1 saturated heterocycles. The number of benzene rings is 1. The number of aromatic nitrogens is 2. The van der Waals surface area contributed by atoms with Gasteiger partial charge in [-0.25, -0.2) is 9.98 Å². The summed E-state index contributed by atoms with van der Waals surface area (Å²) in [5.41, 5.74) is 1.84. The minimum atomic E-state index is 0. The average molecular weight is 493 g/mol. The van der Waals surface area contributed by atoms with Gasteiger partial charge in [0.05, 0.1) is 0 Å². The third kappa shape index (κ3) is 4.88. The quantitative estimate of drug-likeness (QED) is 0.384. The molecule has 1 aromatic heterocycles. The number of imidazole rings is 1. The first-order valence-electron chi connectivity index (χ1n) is 10.4. The number of likely N-dealkylation sites (tertiary alicyclic amines) is 1. The van der Waals surface area contributed by atoms with Crippen molar-refractivity contribution in [2.75, 3.05) is 19.6 Å². The molecule has 1 aliphatic carbocycles. The zero-order valence-corrected chi connectivity index (χ0v) is 19.1. The molecular formula is C22H32IN5. The number of halogens is 1. The van der Waals surface area contributed by atoms with Gasteiger partial charge >= 0.3 is 0 Å². The largest absolute Gasteiger partial charge is 0.357 e. The maximum atomic E-state index is 4.94. The Morgan fingerprint density at radius 1 is 1.18 bits per heavy atom.